The molecule has 0 aliphatic heterocycles. The first kappa shape index (κ1) is 16.0. The largest absolute Gasteiger partial charge is 0.337 e. The molecule has 0 saturated carbocycles. The Kier molecular flexibility index (Phi) is 5.56. The summed E-state index contributed by atoms with van der Waals surface area (Å²) in [5, 5.41) is 0. The third-order valence-electron chi connectivity index (χ3n) is 4.36. The lowest BCUT2D eigenvalue weighted by molar-refractivity contribution is 0.0481. The van der Waals surface area contributed by atoms with Crippen LogP contribution in [0.1, 0.15) is 68.2 Å². The molecule has 1 atom stereocenters. The minimum atomic E-state index is 0.169. The number of hydrogen-bond acceptors (Lipinski definition) is 0. The fraction of sp³-hybridized carbons (Fsp3) is 0.938. The fourth-order valence-corrected chi connectivity index (χ4v) is 2.67. The van der Waals surface area contributed by atoms with Crippen molar-refractivity contribution in [2.75, 3.05) is 0 Å². The maximum Gasteiger partial charge on any atom is -0.0322 e. The van der Waals surface area contributed by atoms with E-state index in [0.717, 1.165) is 5.92 Å². The van der Waals surface area contributed by atoms with E-state index in [1.165, 1.54) is 12.8 Å². The van der Waals surface area contributed by atoms with E-state index < -0.39 is 0 Å². The van der Waals surface area contributed by atoms with Crippen LogP contribution >= 0.6 is 0 Å². The molecule has 0 fully saturated rings. The topological polar surface area (TPSA) is 0 Å². The second kappa shape index (κ2) is 5.56. The third-order valence-corrected chi connectivity index (χ3v) is 4.36. The van der Waals surface area contributed by atoms with Crippen LogP contribution in [-0.4, -0.2) is 0 Å². The smallest absolute Gasteiger partial charge is 0.0322 e. The molecule has 0 N–H and O–H groups in total. The summed E-state index contributed by atoms with van der Waals surface area (Å²) >= 11 is 0. The SMILES string of the molecule is [CH2-]C(C)(C)C(CCC(C)C)C(C)(C)C(C)C. The van der Waals surface area contributed by atoms with Crippen molar-refractivity contribution in [2.45, 2.75) is 68.2 Å². The first-order valence-corrected chi connectivity index (χ1v) is 6.85. The van der Waals surface area contributed by atoms with Gasteiger partial charge in [0, 0.05) is 0 Å². The normalized spacial score (nSPS) is 15.9. The summed E-state index contributed by atoms with van der Waals surface area (Å²) in [6.45, 7) is 23.1. The van der Waals surface area contributed by atoms with E-state index in [1.54, 1.807) is 0 Å². The monoisotopic (exact) mass is 225 g/mol. The summed E-state index contributed by atoms with van der Waals surface area (Å²) in [6, 6.07) is 0. The lowest BCUT2D eigenvalue weighted by Crippen LogP contribution is -2.38. The Labute approximate surface area is 104 Å². The zero-order valence-electron chi connectivity index (χ0n) is 12.9. The van der Waals surface area contributed by atoms with Gasteiger partial charge in [-0.2, -0.15) is 5.41 Å². The molecule has 0 radical (unpaired) electrons. The van der Waals surface area contributed by atoms with Gasteiger partial charge in [0.15, 0.2) is 0 Å². The van der Waals surface area contributed by atoms with E-state index >= 15 is 0 Å². The van der Waals surface area contributed by atoms with Crippen molar-refractivity contribution in [3.8, 4) is 0 Å². The minimum absolute atomic E-state index is 0.169. The third kappa shape index (κ3) is 4.47. The van der Waals surface area contributed by atoms with Crippen molar-refractivity contribution in [1.29, 1.82) is 0 Å². The zero-order chi connectivity index (χ0) is 13.1. The van der Waals surface area contributed by atoms with Gasteiger partial charge in [-0.3, -0.25) is 0 Å². The van der Waals surface area contributed by atoms with Crippen molar-refractivity contribution in [3.63, 3.8) is 0 Å². The van der Waals surface area contributed by atoms with Gasteiger partial charge in [0.1, 0.15) is 0 Å². The molecule has 0 spiro atoms. The summed E-state index contributed by atoms with van der Waals surface area (Å²) in [5.41, 5.74) is 0.544. The Morgan fingerprint density at radius 1 is 0.875 bits per heavy atom. The standard InChI is InChI=1S/C16H33/c1-12(2)10-11-14(15(5,6)7)16(8,9)13(3)4/h12-14H,5,10-11H2,1-4,6-9H3/q-1. The van der Waals surface area contributed by atoms with Crippen LogP contribution in [0.2, 0.25) is 0 Å². The molecule has 98 valence electrons. The molecule has 0 aromatic carbocycles. The Bertz CT molecular complexity index is 191. The van der Waals surface area contributed by atoms with Crippen LogP contribution < -0.4 is 0 Å². The van der Waals surface area contributed by atoms with Crippen LogP contribution in [0.5, 0.6) is 0 Å². The first-order chi connectivity index (χ1) is 6.99. The van der Waals surface area contributed by atoms with Crippen molar-refractivity contribution in [2.24, 2.45) is 28.6 Å². The van der Waals surface area contributed by atoms with Crippen LogP contribution in [0.3, 0.4) is 0 Å². The van der Waals surface area contributed by atoms with Gasteiger partial charge in [-0.1, -0.05) is 74.1 Å². The van der Waals surface area contributed by atoms with Gasteiger partial charge >= 0.3 is 0 Å². The summed E-state index contributed by atoms with van der Waals surface area (Å²) in [6.07, 6.45) is 2.62. The molecule has 0 heterocycles. The quantitative estimate of drug-likeness (QED) is 0.518. The second-order valence-electron chi connectivity index (χ2n) is 7.49. The van der Waals surface area contributed by atoms with Crippen LogP contribution in [0.4, 0.5) is 0 Å². The second-order valence-corrected chi connectivity index (χ2v) is 7.49. The molecule has 0 aliphatic carbocycles. The molecule has 0 aromatic rings. The van der Waals surface area contributed by atoms with Gasteiger partial charge in [-0.15, -0.1) is 0 Å². The average Bonchev–Trinajstić information content (AvgIpc) is 1.99. The summed E-state index contributed by atoms with van der Waals surface area (Å²) in [5.74, 6) is 2.21. The van der Waals surface area contributed by atoms with Crippen molar-refractivity contribution in [3.05, 3.63) is 6.92 Å². The molecule has 0 saturated heterocycles. The molecule has 0 nitrogen and oxygen atoms in total. The van der Waals surface area contributed by atoms with Gasteiger partial charge in [-0.05, 0) is 17.3 Å². The highest BCUT2D eigenvalue weighted by atomic mass is 14.4. The van der Waals surface area contributed by atoms with Gasteiger partial charge in [0.25, 0.3) is 0 Å². The first-order valence-electron chi connectivity index (χ1n) is 6.85. The van der Waals surface area contributed by atoms with E-state index in [4.69, 9.17) is 0 Å². The molecular weight excluding hydrogens is 192 g/mol. The molecule has 0 bridgehead atoms. The Hall–Kier alpha value is 0. The average molecular weight is 225 g/mol. The maximum absolute atomic E-state index is 4.40. The minimum Gasteiger partial charge on any atom is -0.337 e. The van der Waals surface area contributed by atoms with Gasteiger partial charge in [0.05, 0.1) is 0 Å². The lowest BCUT2D eigenvalue weighted by atomic mass is 9.59. The van der Waals surface area contributed by atoms with Crippen molar-refractivity contribution < 1.29 is 0 Å². The fourth-order valence-electron chi connectivity index (χ4n) is 2.67. The summed E-state index contributed by atoms with van der Waals surface area (Å²) in [4.78, 5) is 0. The van der Waals surface area contributed by atoms with Crippen LogP contribution in [0.25, 0.3) is 0 Å². The number of rotatable bonds is 6. The highest BCUT2D eigenvalue weighted by Gasteiger charge is 2.36. The van der Waals surface area contributed by atoms with E-state index in [1.807, 2.05) is 0 Å². The van der Waals surface area contributed by atoms with Crippen LogP contribution in [-0.2, 0) is 0 Å². The van der Waals surface area contributed by atoms with Crippen molar-refractivity contribution >= 4 is 0 Å². The molecule has 16 heavy (non-hydrogen) atoms. The molecule has 0 aromatic heterocycles. The highest BCUT2D eigenvalue weighted by molar-refractivity contribution is 4.91. The summed E-state index contributed by atoms with van der Waals surface area (Å²) < 4.78 is 0. The zero-order valence-corrected chi connectivity index (χ0v) is 12.9. The predicted molar refractivity (Wildman–Crippen MR) is 75.3 cm³/mol. The number of hydrogen-bond donors (Lipinski definition) is 0. The van der Waals surface area contributed by atoms with E-state index in [-0.39, 0.29) is 5.41 Å². The summed E-state index contributed by atoms with van der Waals surface area (Å²) in [7, 11) is 0. The molecule has 0 amide bonds. The molecule has 0 heteroatoms. The lowest BCUT2D eigenvalue weighted by Gasteiger charge is -2.50. The molecule has 1 unspecified atom stereocenters. The Morgan fingerprint density at radius 3 is 1.56 bits per heavy atom. The highest BCUT2D eigenvalue weighted by Crippen LogP contribution is 2.47. The van der Waals surface area contributed by atoms with Crippen LogP contribution in [0.15, 0.2) is 0 Å². The predicted octanol–water partition coefficient (Wildman–Crippen LogP) is 5.58. The molecular formula is C16H33-. The molecule has 0 rings (SSSR count). The molecule has 0 aliphatic rings. The van der Waals surface area contributed by atoms with Crippen LogP contribution in [0, 0.1) is 35.5 Å². The van der Waals surface area contributed by atoms with Gasteiger partial charge in [0.2, 0.25) is 0 Å². The van der Waals surface area contributed by atoms with Gasteiger partial charge < -0.3 is 6.92 Å². The Morgan fingerprint density at radius 2 is 1.31 bits per heavy atom. The van der Waals surface area contributed by atoms with Gasteiger partial charge in [-0.25, -0.2) is 0 Å². The maximum atomic E-state index is 4.40. The van der Waals surface area contributed by atoms with E-state index in [2.05, 4.69) is 62.3 Å². The van der Waals surface area contributed by atoms with Crippen molar-refractivity contribution in [1.82, 2.24) is 0 Å². The van der Waals surface area contributed by atoms with E-state index in [9.17, 15) is 0 Å². The Balaban J connectivity index is 4.82. The van der Waals surface area contributed by atoms with E-state index in [0.29, 0.717) is 17.3 Å².